The maximum atomic E-state index is 4.53. The number of hydrogen-bond acceptors (Lipinski definition) is 1. The largest absolute Gasteiger partial charge is 0.326 e. The lowest BCUT2D eigenvalue weighted by Crippen LogP contribution is -2.09. The summed E-state index contributed by atoms with van der Waals surface area (Å²) in [6.07, 6.45) is 6.96. The SMILES string of the molecule is CC(C)C1C=[N+](C2CC2)c2ncccc21. The molecule has 15 heavy (non-hydrogen) atoms. The second kappa shape index (κ2) is 3.16. The van der Waals surface area contributed by atoms with Crippen molar-refractivity contribution in [2.75, 3.05) is 0 Å². The molecule has 0 amide bonds. The molecule has 0 bridgehead atoms. The van der Waals surface area contributed by atoms with Gasteiger partial charge in [0, 0.05) is 5.92 Å². The molecule has 0 spiro atoms. The van der Waals surface area contributed by atoms with E-state index in [1.807, 2.05) is 6.20 Å². The van der Waals surface area contributed by atoms with E-state index in [2.05, 4.69) is 41.8 Å². The molecule has 1 atom stereocenters. The van der Waals surface area contributed by atoms with Gasteiger partial charge in [-0.2, -0.15) is 0 Å². The standard InChI is InChI=1S/C13H17N2/c1-9(2)12-8-15(10-5-6-10)13-11(12)4-3-7-14-13/h3-4,7-10,12H,5-6H2,1-2H3/q+1. The summed E-state index contributed by atoms with van der Waals surface area (Å²) >= 11 is 0. The molecule has 3 rings (SSSR count). The van der Waals surface area contributed by atoms with Crippen molar-refractivity contribution in [3.8, 4) is 0 Å². The normalized spacial score (nSPS) is 24.2. The quantitative estimate of drug-likeness (QED) is 0.672. The molecule has 1 aliphatic carbocycles. The third-order valence-corrected chi connectivity index (χ3v) is 3.40. The fraction of sp³-hybridized carbons (Fsp3) is 0.538. The highest BCUT2D eigenvalue weighted by Gasteiger charge is 2.40. The number of aromatic nitrogens is 1. The van der Waals surface area contributed by atoms with Crippen LogP contribution in [0.5, 0.6) is 0 Å². The summed E-state index contributed by atoms with van der Waals surface area (Å²) in [5.41, 5.74) is 1.42. The molecule has 1 unspecified atom stereocenters. The molecule has 1 fully saturated rings. The van der Waals surface area contributed by atoms with Crippen LogP contribution in [0.3, 0.4) is 0 Å². The Balaban J connectivity index is 2.07. The molecule has 1 aromatic rings. The molecule has 0 aromatic carbocycles. The molecule has 2 heterocycles. The van der Waals surface area contributed by atoms with E-state index < -0.39 is 0 Å². The van der Waals surface area contributed by atoms with Gasteiger partial charge in [-0.3, -0.25) is 0 Å². The Labute approximate surface area is 90.7 Å². The number of hydrogen-bond donors (Lipinski definition) is 0. The van der Waals surface area contributed by atoms with Crippen molar-refractivity contribution in [1.29, 1.82) is 0 Å². The van der Waals surface area contributed by atoms with Crippen molar-refractivity contribution in [3.05, 3.63) is 23.9 Å². The van der Waals surface area contributed by atoms with Gasteiger partial charge in [0.1, 0.15) is 12.2 Å². The monoisotopic (exact) mass is 201 g/mol. The van der Waals surface area contributed by atoms with E-state index in [4.69, 9.17) is 0 Å². The summed E-state index contributed by atoms with van der Waals surface area (Å²) in [6.45, 7) is 4.57. The zero-order chi connectivity index (χ0) is 10.4. The van der Waals surface area contributed by atoms with Crippen molar-refractivity contribution >= 4 is 12.0 Å². The highest BCUT2D eigenvalue weighted by Crippen LogP contribution is 2.39. The molecular weight excluding hydrogens is 184 g/mol. The second-order valence-electron chi connectivity index (χ2n) is 4.97. The summed E-state index contributed by atoms with van der Waals surface area (Å²) in [6, 6.07) is 5.02. The van der Waals surface area contributed by atoms with E-state index >= 15 is 0 Å². The lowest BCUT2D eigenvalue weighted by molar-refractivity contribution is -0.452. The van der Waals surface area contributed by atoms with Crippen molar-refractivity contribution in [2.24, 2.45) is 5.92 Å². The number of fused-ring (bicyclic) bond motifs is 1. The first-order valence-corrected chi connectivity index (χ1v) is 5.85. The van der Waals surface area contributed by atoms with Crippen LogP contribution < -0.4 is 0 Å². The van der Waals surface area contributed by atoms with Gasteiger partial charge in [0.25, 0.3) is 0 Å². The first kappa shape index (κ1) is 9.08. The maximum Gasteiger partial charge on any atom is 0.326 e. The molecule has 0 N–H and O–H groups in total. The molecule has 1 saturated carbocycles. The van der Waals surface area contributed by atoms with E-state index in [0.29, 0.717) is 11.8 Å². The third-order valence-electron chi connectivity index (χ3n) is 3.40. The molecule has 2 heteroatoms. The average molecular weight is 201 g/mol. The molecule has 1 aliphatic heterocycles. The highest BCUT2D eigenvalue weighted by molar-refractivity contribution is 5.71. The van der Waals surface area contributed by atoms with Gasteiger partial charge in [0.05, 0.1) is 11.8 Å². The van der Waals surface area contributed by atoms with Crippen molar-refractivity contribution in [2.45, 2.75) is 38.6 Å². The number of nitrogens with zero attached hydrogens (tertiary/aromatic N) is 2. The van der Waals surface area contributed by atoms with Gasteiger partial charge in [-0.1, -0.05) is 13.8 Å². The van der Waals surface area contributed by atoms with Gasteiger partial charge >= 0.3 is 5.82 Å². The van der Waals surface area contributed by atoms with Crippen LogP contribution in [0.25, 0.3) is 0 Å². The highest BCUT2D eigenvalue weighted by atomic mass is 15.2. The number of pyridine rings is 1. The van der Waals surface area contributed by atoms with E-state index in [9.17, 15) is 0 Å². The Bertz CT molecular complexity index is 416. The topological polar surface area (TPSA) is 15.9 Å². The van der Waals surface area contributed by atoms with Gasteiger partial charge in [0.2, 0.25) is 0 Å². The zero-order valence-electron chi connectivity index (χ0n) is 9.35. The van der Waals surface area contributed by atoms with Crippen LogP contribution in [0.2, 0.25) is 0 Å². The van der Waals surface area contributed by atoms with Crippen LogP contribution in [-0.4, -0.2) is 21.8 Å². The fourth-order valence-corrected chi connectivity index (χ4v) is 2.39. The lowest BCUT2D eigenvalue weighted by atomic mass is 9.92. The fourth-order valence-electron chi connectivity index (χ4n) is 2.39. The summed E-state index contributed by atoms with van der Waals surface area (Å²) in [4.78, 5) is 4.53. The van der Waals surface area contributed by atoms with Crippen molar-refractivity contribution < 1.29 is 4.58 Å². The van der Waals surface area contributed by atoms with Gasteiger partial charge in [-0.15, -0.1) is 0 Å². The third kappa shape index (κ3) is 1.39. The minimum Gasteiger partial charge on any atom is -0.231 e. The van der Waals surface area contributed by atoms with E-state index in [0.717, 1.165) is 6.04 Å². The first-order valence-electron chi connectivity index (χ1n) is 5.85. The summed E-state index contributed by atoms with van der Waals surface area (Å²) < 4.78 is 2.40. The van der Waals surface area contributed by atoms with Crippen LogP contribution in [0.4, 0.5) is 5.82 Å². The minimum absolute atomic E-state index is 0.564. The van der Waals surface area contributed by atoms with Crippen LogP contribution in [0, 0.1) is 5.92 Å². The summed E-state index contributed by atoms with van der Waals surface area (Å²) in [5, 5.41) is 0. The number of rotatable bonds is 2. The van der Waals surface area contributed by atoms with Gasteiger partial charge in [-0.05, 0) is 35.9 Å². The summed E-state index contributed by atoms with van der Waals surface area (Å²) in [5.74, 6) is 2.43. The predicted octanol–water partition coefficient (Wildman–Crippen LogP) is 2.71. The van der Waals surface area contributed by atoms with E-state index in [1.165, 1.54) is 24.2 Å². The van der Waals surface area contributed by atoms with E-state index in [-0.39, 0.29) is 0 Å². The summed E-state index contributed by atoms with van der Waals surface area (Å²) in [7, 11) is 0. The minimum atomic E-state index is 0.564. The average Bonchev–Trinajstić information content (AvgIpc) is 2.99. The lowest BCUT2D eigenvalue weighted by Gasteiger charge is -2.08. The Hall–Kier alpha value is -1.18. The van der Waals surface area contributed by atoms with Crippen molar-refractivity contribution in [1.82, 2.24) is 4.98 Å². The van der Waals surface area contributed by atoms with Gasteiger partial charge in [0.15, 0.2) is 0 Å². The van der Waals surface area contributed by atoms with Crippen LogP contribution in [0.15, 0.2) is 18.3 Å². The molecule has 1 aromatic heterocycles. The zero-order valence-corrected chi connectivity index (χ0v) is 9.35. The Morgan fingerprint density at radius 2 is 2.20 bits per heavy atom. The first-order chi connectivity index (χ1) is 7.27. The Morgan fingerprint density at radius 3 is 2.87 bits per heavy atom. The Kier molecular flexibility index (Phi) is 1.91. The maximum absolute atomic E-state index is 4.53. The second-order valence-corrected chi connectivity index (χ2v) is 4.97. The smallest absolute Gasteiger partial charge is 0.231 e. The predicted molar refractivity (Wildman–Crippen MR) is 60.8 cm³/mol. The molecule has 78 valence electrons. The van der Waals surface area contributed by atoms with E-state index in [1.54, 1.807) is 0 Å². The van der Waals surface area contributed by atoms with Gasteiger partial charge in [-0.25, -0.2) is 4.58 Å². The Morgan fingerprint density at radius 1 is 1.40 bits per heavy atom. The van der Waals surface area contributed by atoms with Gasteiger partial charge < -0.3 is 0 Å². The van der Waals surface area contributed by atoms with Crippen molar-refractivity contribution in [3.63, 3.8) is 0 Å². The molecular formula is C13H17N2+. The molecule has 0 saturated heterocycles. The van der Waals surface area contributed by atoms with Crippen LogP contribution in [0.1, 0.15) is 38.2 Å². The van der Waals surface area contributed by atoms with Crippen LogP contribution in [-0.2, 0) is 0 Å². The molecule has 2 nitrogen and oxygen atoms in total. The van der Waals surface area contributed by atoms with Crippen LogP contribution >= 0.6 is 0 Å². The molecule has 0 radical (unpaired) electrons. The molecule has 2 aliphatic rings.